The predicted molar refractivity (Wildman–Crippen MR) is 89.6 cm³/mol. The van der Waals surface area contributed by atoms with E-state index in [1.165, 1.54) is 12.1 Å². The summed E-state index contributed by atoms with van der Waals surface area (Å²) in [4.78, 5) is 14.4. The van der Waals surface area contributed by atoms with Gasteiger partial charge in [-0.3, -0.25) is 4.79 Å². The Balaban J connectivity index is 0.00000242. The minimum Gasteiger partial charge on any atom is -0.338 e. The second-order valence-corrected chi connectivity index (χ2v) is 6.24. The molecule has 2 rings (SSSR count). The summed E-state index contributed by atoms with van der Waals surface area (Å²) >= 11 is 0. The molecule has 1 aliphatic heterocycles. The van der Waals surface area contributed by atoms with Gasteiger partial charge in [-0.05, 0) is 37.0 Å². The Morgan fingerprint density at radius 2 is 2.00 bits per heavy atom. The number of benzene rings is 1. The van der Waals surface area contributed by atoms with Crippen LogP contribution in [0.1, 0.15) is 45.1 Å². The van der Waals surface area contributed by atoms with Crippen molar-refractivity contribution in [1.82, 2.24) is 4.90 Å². The molecule has 3 nitrogen and oxygen atoms in total. The summed E-state index contributed by atoms with van der Waals surface area (Å²) in [6.45, 7) is 6.80. The van der Waals surface area contributed by atoms with Gasteiger partial charge in [-0.15, -0.1) is 12.4 Å². The van der Waals surface area contributed by atoms with Gasteiger partial charge in [-0.1, -0.05) is 32.4 Å². The largest absolute Gasteiger partial charge is 0.338 e. The van der Waals surface area contributed by atoms with Gasteiger partial charge in [0.15, 0.2) is 0 Å². The maximum absolute atomic E-state index is 13.0. The molecule has 1 amide bonds. The maximum Gasteiger partial charge on any atom is 0.240 e. The first-order valence-electron chi connectivity index (χ1n) is 7.75. The van der Waals surface area contributed by atoms with Crippen molar-refractivity contribution in [2.75, 3.05) is 6.54 Å². The van der Waals surface area contributed by atoms with Gasteiger partial charge in [-0.25, -0.2) is 4.39 Å². The van der Waals surface area contributed by atoms with Gasteiger partial charge in [0.2, 0.25) is 5.91 Å². The predicted octanol–water partition coefficient (Wildman–Crippen LogP) is 3.33. The third-order valence-electron chi connectivity index (χ3n) is 4.74. The van der Waals surface area contributed by atoms with Gasteiger partial charge < -0.3 is 10.6 Å². The Labute approximate surface area is 138 Å². The zero-order valence-corrected chi connectivity index (χ0v) is 14.3. The lowest BCUT2D eigenvalue weighted by atomic mass is 9.97. The quantitative estimate of drug-likeness (QED) is 0.921. The molecular weight excluding hydrogens is 303 g/mol. The van der Waals surface area contributed by atoms with E-state index >= 15 is 0 Å². The summed E-state index contributed by atoms with van der Waals surface area (Å²) in [7, 11) is 0. The van der Waals surface area contributed by atoms with Gasteiger partial charge in [0.05, 0.1) is 6.04 Å². The minimum absolute atomic E-state index is 0. The number of nitrogens with zero attached hydrogens (tertiary/aromatic N) is 1. The Bertz CT molecular complexity index is 494. The molecule has 1 saturated heterocycles. The summed E-state index contributed by atoms with van der Waals surface area (Å²) in [5.41, 5.74) is 7.17. The van der Waals surface area contributed by atoms with Gasteiger partial charge in [0.1, 0.15) is 5.82 Å². The normalized spacial score (nSPS) is 23.8. The van der Waals surface area contributed by atoms with E-state index < -0.39 is 6.04 Å². The van der Waals surface area contributed by atoms with Crippen molar-refractivity contribution in [2.45, 2.75) is 51.6 Å². The van der Waals surface area contributed by atoms with Crippen LogP contribution in [0.5, 0.6) is 0 Å². The van der Waals surface area contributed by atoms with E-state index in [1.54, 1.807) is 0 Å². The van der Waals surface area contributed by atoms with Crippen LogP contribution in [-0.2, 0) is 4.79 Å². The molecule has 4 unspecified atom stereocenters. The second-order valence-electron chi connectivity index (χ2n) is 6.24. The van der Waals surface area contributed by atoms with Crippen molar-refractivity contribution in [3.8, 4) is 0 Å². The SMILES string of the molecule is CCC(C)C(N)C(=O)N1CC(c2ccc(F)cc2)CC1C.Cl. The highest BCUT2D eigenvalue weighted by molar-refractivity contribution is 5.85. The summed E-state index contributed by atoms with van der Waals surface area (Å²) in [6.07, 6.45) is 1.81. The fourth-order valence-electron chi connectivity index (χ4n) is 3.00. The van der Waals surface area contributed by atoms with Crippen molar-refractivity contribution >= 4 is 18.3 Å². The molecule has 0 bridgehead atoms. The fraction of sp³-hybridized carbons (Fsp3) is 0.588. The van der Waals surface area contributed by atoms with Crippen LogP contribution in [0, 0.1) is 11.7 Å². The molecule has 5 heteroatoms. The highest BCUT2D eigenvalue weighted by atomic mass is 35.5. The standard InChI is InChI=1S/C17H25FN2O.ClH/c1-4-11(2)16(19)17(21)20-10-14(9-12(20)3)13-5-7-15(18)8-6-13;/h5-8,11-12,14,16H,4,9-10,19H2,1-3H3;1H. The number of likely N-dealkylation sites (tertiary alicyclic amines) is 1. The van der Waals surface area contributed by atoms with Crippen LogP contribution < -0.4 is 5.73 Å². The minimum atomic E-state index is -0.426. The van der Waals surface area contributed by atoms with Crippen LogP contribution in [0.25, 0.3) is 0 Å². The number of hydrogen-bond acceptors (Lipinski definition) is 2. The number of nitrogens with two attached hydrogens (primary N) is 1. The first kappa shape index (κ1) is 18.9. The highest BCUT2D eigenvalue weighted by Crippen LogP contribution is 2.32. The van der Waals surface area contributed by atoms with Gasteiger partial charge >= 0.3 is 0 Å². The molecule has 1 fully saturated rings. The van der Waals surface area contributed by atoms with E-state index in [1.807, 2.05) is 30.9 Å². The van der Waals surface area contributed by atoms with Crippen LogP contribution in [0.3, 0.4) is 0 Å². The Morgan fingerprint density at radius 3 is 2.55 bits per heavy atom. The molecule has 0 aliphatic carbocycles. The van der Waals surface area contributed by atoms with E-state index in [4.69, 9.17) is 5.73 Å². The zero-order valence-electron chi connectivity index (χ0n) is 13.5. The molecular formula is C17H26ClFN2O. The summed E-state index contributed by atoms with van der Waals surface area (Å²) in [5, 5.41) is 0. The molecule has 4 atom stereocenters. The third-order valence-corrected chi connectivity index (χ3v) is 4.74. The third kappa shape index (κ3) is 3.99. The average Bonchev–Trinajstić information content (AvgIpc) is 2.87. The monoisotopic (exact) mass is 328 g/mol. The lowest BCUT2D eigenvalue weighted by Crippen LogP contribution is -2.48. The number of amides is 1. The highest BCUT2D eigenvalue weighted by Gasteiger charge is 2.36. The van der Waals surface area contributed by atoms with Crippen LogP contribution in [0.15, 0.2) is 24.3 Å². The summed E-state index contributed by atoms with van der Waals surface area (Å²) < 4.78 is 13.0. The van der Waals surface area contributed by atoms with E-state index in [2.05, 4.69) is 6.92 Å². The van der Waals surface area contributed by atoms with Crippen molar-refractivity contribution in [3.05, 3.63) is 35.6 Å². The van der Waals surface area contributed by atoms with E-state index in [-0.39, 0.29) is 42.0 Å². The number of carbonyl (C=O) groups is 1. The second kappa shape index (κ2) is 7.93. The molecule has 22 heavy (non-hydrogen) atoms. The Morgan fingerprint density at radius 1 is 1.41 bits per heavy atom. The Hall–Kier alpha value is -1.13. The molecule has 0 spiro atoms. The topological polar surface area (TPSA) is 46.3 Å². The molecule has 0 saturated carbocycles. The van der Waals surface area contributed by atoms with Gasteiger partial charge in [-0.2, -0.15) is 0 Å². The first-order valence-corrected chi connectivity index (χ1v) is 7.75. The molecule has 1 aliphatic rings. The lowest BCUT2D eigenvalue weighted by Gasteiger charge is -2.27. The zero-order chi connectivity index (χ0) is 15.6. The van der Waals surface area contributed by atoms with E-state index in [0.717, 1.165) is 18.4 Å². The summed E-state index contributed by atoms with van der Waals surface area (Å²) in [6, 6.07) is 6.35. The van der Waals surface area contributed by atoms with Gasteiger partial charge in [0, 0.05) is 18.5 Å². The first-order chi connectivity index (χ1) is 9.93. The average molecular weight is 329 g/mol. The van der Waals surface area contributed by atoms with Crippen molar-refractivity contribution < 1.29 is 9.18 Å². The maximum atomic E-state index is 13.0. The lowest BCUT2D eigenvalue weighted by molar-refractivity contribution is -0.134. The van der Waals surface area contributed by atoms with Crippen LogP contribution in [0.2, 0.25) is 0 Å². The van der Waals surface area contributed by atoms with Crippen LogP contribution in [-0.4, -0.2) is 29.4 Å². The van der Waals surface area contributed by atoms with Crippen molar-refractivity contribution in [2.24, 2.45) is 11.7 Å². The molecule has 1 aromatic rings. The van der Waals surface area contributed by atoms with Gasteiger partial charge in [0.25, 0.3) is 0 Å². The van der Waals surface area contributed by atoms with Crippen molar-refractivity contribution in [3.63, 3.8) is 0 Å². The Kier molecular flexibility index (Phi) is 6.82. The van der Waals surface area contributed by atoms with E-state index in [9.17, 15) is 9.18 Å². The van der Waals surface area contributed by atoms with E-state index in [0.29, 0.717) is 6.54 Å². The smallest absolute Gasteiger partial charge is 0.240 e. The molecule has 1 aromatic carbocycles. The number of carbonyl (C=O) groups excluding carboxylic acids is 1. The molecule has 2 N–H and O–H groups in total. The molecule has 124 valence electrons. The summed E-state index contributed by atoms with van der Waals surface area (Å²) in [5.74, 6) is 0.279. The number of hydrogen-bond donors (Lipinski definition) is 1. The number of rotatable bonds is 4. The van der Waals surface area contributed by atoms with Crippen molar-refractivity contribution in [1.29, 1.82) is 0 Å². The van der Waals surface area contributed by atoms with Crippen LogP contribution in [0.4, 0.5) is 4.39 Å². The van der Waals surface area contributed by atoms with Crippen LogP contribution >= 0.6 is 12.4 Å². The molecule has 1 heterocycles. The molecule has 0 radical (unpaired) electrons. The molecule has 0 aromatic heterocycles. The fourth-order valence-corrected chi connectivity index (χ4v) is 3.00. The number of halogens is 2.